The average Bonchev–Trinajstić information content (AvgIpc) is 2.64. The van der Waals surface area contributed by atoms with Crippen molar-refractivity contribution < 1.29 is 18.4 Å². The van der Waals surface area contributed by atoms with E-state index in [9.17, 15) is 18.4 Å². The van der Waals surface area contributed by atoms with Gasteiger partial charge in [-0.3, -0.25) is 14.6 Å². The fraction of sp³-hybridized carbons (Fsp3) is 0.150. The Bertz CT molecular complexity index is 1000. The minimum Gasteiger partial charge on any atom is -0.324 e. The second-order valence-corrected chi connectivity index (χ2v) is 5.95. The molecular formula is C20H17F2N3O2. The smallest absolute Gasteiger partial charge is 0.226 e. The zero-order valence-electron chi connectivity index (χ0n) is 14.6. The minimum atomic E-state index is -0.856. The molecule has 5 nitrogen and oxygen atoms in total. The molecule has 0 radical (unpaired) electrons. The zero-order chi connectivity index (χ0) is 19.4. The van der Waals surface area contributed by atoms with E-state index >= 15 is 0 Å². The summed E-state index contributed by atoms with van der Waals surface area (Å²) in [6.07, 6.45) is 1.58. The number of fused-ring (bicyclic) bond motifs is 1. The molecular weight excluding hydrogens is 352 g/mol. The highest BCUT2D eigenvalue weighted by Crippen LogP contribution is 2.25. The van der Waals surface area contributed by atoms with Crippen LogP contribution in [0.2, 0.25) is 0 Å². The number of halogens is 2. The Hall–Kier alpha value is -3.35. The van der Waals surface area contributed by atoms with Gasteiger partial charge in [-0.25, -0.2) is 8.78 Å². The van der Waals surface area contributed by atoms with E-state index in [1.165, 1.54) is 11.8 Å². The minimum absolute atomic E-state index is 0.0559. The Kier molecular flexibility index (Phi) is 5.40. The molecule has 0 atom stereocenters. The van der Waals surface area contributed by atoms with Gasteiger partial charge in [-0.2, -0.15) is 0 Å². The van der Waals surface area contributed by atoms with Crippen molar-refractivity contribution in [3.63, 3.8) is 0 Å². The quantitative estimate of drug-likeness (QED) is 0.742. The largest absolute Gasteiger partial charge is 0.324 e. The third-order valence-electron chi connectivity index (χ3n) is 4.05. The third kappa shape index (κ3) is 4.25. The standard InChI is InChI=1S/C20H17F2N3O2/c1-13(26)25(18-6-2-4-14-5-3-10-23-20(14)18)11-9-19(27)24-17-8-7-15(21)12-16(17)22/h2-8,10,12H,9,11H2,1H3,(H,24,27). The SMILES string of the molecule is CC(=O)N(CCC(=O)Nc1ccc(F)cc1F)c1cccc2cccnc12. The van der Waals surface area contributed by atoms with Crippen molar-refractivity contribution in [3.05, 3.63) is 66.4 Å². The summed E-state index contributed by atoms with van der Waals surface area (Å²) in [6, 6.07) is 12.0. The first-order valence-corrected chi connectivity index (χ1v) is 8.32. The van der Waals surface area contributed by atoms with Crippen molar-refractivity contribution in [3.8, 4) is 0 Å². The van der Waals surface area contributed by atoms with Gasteiger partial charge < -0.3 is 10.2 Å². The lowest BCUT2D eigenvalue weighted by Gasteiger charge is -2.22. The van der Waals surface area contributed by atoms with Gasteiger partial charge in [0.1, 0.15) is 11.6 Å². The number of anilines is 2. The number of hydrogen-bond donors (Lipinski definition) is 1. The number of nitrogens with zero attached hydrogens (tertiary/aromatic N) is 2. The van der Waals surface area contributed by atoms with Crippen molar-refractivity contribution in [1.82, 2.24) is 4.98 Å². The predicted octanol–water partition coefficient (Wildman–Crippen LogP) is 3.89. The number of pyridine rings is 1. The van der Waals surface area contributed by atoms with Gasteiger partial charge in [0, 0.05) is 37.5 Å². The molecule has 1 heterocycles. The molecule has 0 aliphatic heterocycles. The van der Waals surface area contributed by atoms with E-state index < -0.39 is 17.5 Å². The second-order valence-electron chi connectivity index (χ2n) is 5.95. The molecule has 0 aliphatic rings. The zero-order valence-corrected chi connectivity index (χ0v) is 14.6. The average molecular weight is 369 g/mol. The lowest BCUT2D eigenvalue weighted by Crippen LogP contribution is -2.32. The van der Waals surface area contributed by atoms with Crippen LogP contribution in [0.4, 0.5) is 20.2 Å². The lowest BCUT2D eigenvalue weighted by atomic mass is 10.1. The van der Waals surface area contributed by atoms with E-state index in [2.05, 4.69) is 10.3 Å². The van der Waals surface area contributed by atoms with E-state index in [0.29, 0.717) is 17.3 Å². The second kappa shape index (κ2) is 7.90. The summed E-state index contributed by atoms with van der Waals surface area (Å²) in [6.45, 7) is 1.50. The highest BCUT2D eigenvalue weighted by molar-refractivity contribution is 6.01. The molecule has 0 fully saturated rings. The van der Waals surface area contributed by atoms with Crippen LogP contribution in [0, 0.1) is 11.6 Å². The number of benzene rings is 2. The summed E-state index contributed by atoms with van der Waals surface area (Å²) < 4.78 is 26.6. The van der Waals surface area contributed by atoms with Gasteiger partial charge in [-0.15, -0.1) is 0 Å². The Morgan fingerprint density at radius 2 is 1.89 bits per heavy atom. The van der Waals surface area contributed by atoms with Crippen LogP contribution in [0.5, 0.6) is 0 Å². The highest BCUT2D eigenvalue weighted by atomic mass is 19.1. The molecule has 0 saturated carbocycles. The topological polar surface area (TPSA) is 62.3 Å². The molecule has 2 aromatic carbocycles. The van der Waals surface area contributed by atoms with Crippen LogP contribution in [-0.4, -0.2) is 23.3 Å². The fourth-order valence-corrected chi connectivity index (χ4v) is 2.77. The van der Waals surface area contributed by atoms with Gasteiger partial charge in [-0.05, 0) is 24.3 Å². The molecule has 1 aromatic heterocycles. The monoisotopic (exact) mass is 369 g/mol. The number of nitrogens with one attached hydrogen (secondary N) is 1. The van der Waals surface area contributed by atoms with Crippen LogP contribution < -0.4 is 10.2 Å². The number of carbonyl (C=O) groups excluding carboxylic acids is 2. The molecule has 0 bridgehead atoms. The lowest BCUT2D eigenvalue weighted by molar-refractivity contribution is -0.117. The van der Waals surface area contributed by atoms with Crippen molar-refractivity contribution in [2.75, 3.05) is 16.8 Å². The van der Waals surface area contributed by atoms with Crippen LogP contribution in [0.25, 0.3) is 10.9 Å². The Morgan fingerprint density at radius 1 is 1.11 bits per heavy atom. The Morgan fingerprint density at radius 3 is 2.63 bits per heavy atom. The molecule has 138 valence electrons. The van der Waals surface area contributed by atoms with Gasteiger partial charge >= 0.3 is 0 Å². The highest BCUT2D eigenvalue weighted by Gasteiger charge is 2.17. The first kappa shape index (κ1) is 18.4. The van der Waals surface area contributed by atoms with Crippen LogP contribution in [-0.2, 0) is 9.59 Å². The maximum atomic E-state index is 13.6. The van der Waals surface area contributed by atoms with Crippen molar-refractivity contribution in [2.24, 2.45) is 0 Å². The van der Waals surface area contributed by atoms with Gasteiger partial charge in [0.25, 0.3) is 0 Å². The molecule has 3 rings (SSSR count). The van der Waals surface area contributed by atoms with E-state index in [4.69, 9.17) is 0 Å². The number of aromatic nitrogens is 1. The summed E-state index contributed by atoms with van der Waals surface area (Å²) in [5.74, 6) is -2.31. The van der Waals surface area contributed by atoms with E-state index in [0.717, 1.165) is 17.5 Å². The Balaban J connectivity index is 1.75. The van der Waals surface area contributed by atoms with Crippen LogP contribution in [0.15, 0.2) is 54.7 Å². The first-order valence-electron chi connectivity index (χ1n) is 8.32. The summed E-state index contributed by atoms with van der Waals surface area (Å²) in [7, 11) is 0. The van der Waals surface area contributed by atoms with Gasteiger partial charge in [0.2, 0.25) is 11.8 Å². The van der Waals surface area contributed by atoms with E-state index in [1.807, 2.05) is 18.2 Å². The van der Waals surface area contributed by atoms with Crippen LogP contribution >= 0.6 is 0 Å². The van der Waals surface area contributed by atoms with E-state index in [1.54, 1.807) is 18.3 Å². The van der Waals surface area contributed by atoms with Crippen LogP contribution in [0.3, 0.4) is 0 Å². The number of rotatable bonds is 5. The number of hydrogen-bond acceptors (Lipinski definition) is 3. The van der Waals surface area contributed by atoms with Crippen molar-refractivity contribution >= 4 is 34.1 Å². The van der Waals surface area contributed by atoms with Crippen LogP contribution in [0.1, 0.15) is 13.3 Å². The predicted molar refractivity (Wildman–Crippen MR) is 99.4 cm³/mol. The number of carbonyl (C=O) groups is 2. The summed E-state index contributed by atoms with van der Waals surface area (Å²) in [4.78, 5) is 30.0. The molecule has 0 spiro atoms. The third-order valence-corrected chi connectivity index (χ3v) is 4.05. The maximum Gasteiger partial charge on any atom is 0.226 e. The normalized spacial score (nSPS) is 10.6. The molecule has 7 heteroatoms. The van der Waals surface area contributed by atoms with Crippen molar-refractivity contribution in [1.29, 1.82) is 0 Å². The van der Waals surface area contributed by atoms with Gasteiger partial charge in [0.05, 0.1) is 16.9 Å². The fourth-order valence-electron chi connectivity index (χ4n) is 2.77. The first-order chi connectivity index (χ1) is 13.0. The summed E-state index contributed by atoms with van der Waals surface area (Å²) >= 11 is 0. The maximum absolute atomic E-state index is 13.6. The Labute approximate surface area is 154 Å². The van der Waals surface area contributed by atoms with Gasteiger partial charge in [0.15, 0.2) is 0 Å². The summed E-state index contributed by atoms with van der Waals surface area (Å²) in [5, 5.41) is 3.26. The molecule has 3 aromatic rings. The molecule has 1 N–H and O–H groups in total. The molecule has 0 saturated heterocycles. The van der Waals surface area contributed by atoms with Crippen molar-refractivity contribution in [2.45, 2.75) is 13.3 Å². The molecule has 27 heavy (non-hydrogen) atoms. The summed E-state index contributed by atoms with van der Waals surface area (Å²) in [5.41, 5.74) is 1.14. The number of para-hydroxylation sites is 1. The molecule has 2 amide bonds. The number of amides is 2. The molecule has 0 unspecified atom stereocenters. The van der Waals surface area contributed by atoms with Gasteiger partial charge in [-0.1, -0.05) is 18.2 Å². The molecule has 0 aliphatic carbocycles. The van der Waals surface area contributed by atoms with E-state index in [-0.39, 0.29) is 24.6 Å².